The lowest BCUT2D eigenvalue weighted by Crippen LogP contribution is -2.28. The Morgan fingerprint density at radius 2 is 2.00 bits per heavy atom. The molecule has 1 atom stereocenters. The Morgan fingerprint density at radius 3 is 2.70 bits per heavy atom. The molecule has 0 radical (unpaired) electrons. The van der Waals surface area contributed by atoms with Crippen LogP contribution < -0.4 is 5.32 Å². The summed E-state index contributed by atoms with van der Waals surface area (Å²) in [5.41, 5.74) is 4.37. The highest BCUT2D eigenvalue weighted by molar-refractivity contribution is 5.90. The SMILES string of the molecule is Cc1ccc2[nH]c(C)c(CC(=O)N[C@@H](C)c3ccc(C)o3)c2c1. The van der Waals surface area contributed by atoms with Gasteiger partial charge >= 0.3 is 0 Å². The van der Waals surface area contributed by atoms with Gasteiger partial charge in [-0.3, -0.25) is 4.79 Å². The molecule has 4 heteroatoms. The van der Waals surface area contributed by atoms with Crippen LogP contribution in [-0.2, 0) is 11.2 Å². The number of carbonyl (C=O) groups is 1. The molecule has 2 heterocycles. The molecule has 0 spiro atoms. The van der Waals surface area contributed by atoms with Crippen molar-refractivity contribution in [1.29, 1.82) is 0 Å². The third kappa shape index (κ3) is 3.16. The van der Waals surface area contributed by atoms with Gasteiger partial charge in [0.2, 0.25) is 5.91 Å². The predicted molar refractivity (Wildman–Crippen MR) is 91.5 cm³/mol. The number of nitrogens with one attached hydrogen (secondary N) is 2. The molecule has 0 unspecified atom stereocenters. The number of amides is 1. The summed E-state index contributed by atoms with van der Waals surface area (Å²) in [5, 5.41) is 4.13. The first-order valence-corrected chi connectivity index (χ1v) is 7.87. The fourth-order valence-electron chi connectivity index (χ4n) is 2.93. The molecule has 0 aliphatic rings. The molecule has 0 saturated carbocycles. The largest absolute Gasteiger partial charge is 0.464 e. The number of carbonyl (C=O) groups excluding carboxylic acids is 1. The molecular formula is C19H22N2O2. The van der Waals surface area contributed by atoms with Crippen LogP contribution in [-0.4, -0.2) is 10.9 Å². The molecule has 0 aliphatic carbocycles. The Labute approximate surface area is 135 Å². The van der Waals surface area contributed by atoms with E-state index in [9.17, 15) is 4.79 Å². The zero-order chi connectivity index (χ0) is 16.6. The van der Waals surface area contributed by atoms with Gasteiger partial charge in [0.1, 0.15) is 11.5 Å². The number of hydrogen-bond acceptors (Lipinski definition) is 2. The van der Waals surface area contributed by atoms with Crippen LogP contribution in [0, 0.1) is 20.8 Å². The van der Waals surface area contributed by atoms with Crippen LogP contribution in [0.2, 0.25) is 0 Å². The molecule has 0 aliphatic heterocycles. The summed E-state index contributed by atoms with van der Waals surface area (Å²) in [6.45, 7) is 7.91. The van der Waals surface area contributed by atoms with Crippen molar-refractivity contribution in [1.82, 2.24) is 10.3 Å². The second-order valence-electron chi connectivity index (χ2n) is 6.19. The van der Waals surface area contributed by atoms with Crippen LogP contribution in [0.15, 0.2) is 34.7 Å². The van der Waals surface area contributed by atoms with Crippen molar-refractivity contribution < 1.29 is 9.21 Å². The quantitative estimate of drug-likeness (QED) is 0.762. The first-order valence-electron chi connectivity index (χ1n) is 7.87. The number of aryl methyl sites for hydroxylation is 3. The maximum atomic E-state index is 12.4. The molecule has 0 bridgehead atoms. The van der Waals surface area contributed by atoms with E-state index in [0.717, 1.165) is 33.7 Å². The number of furan rings is 1. The van der Waals surface area contributed by atoms with Gasteiger partial charge in [-0.2, -0.15) is 0 Å². The average molecular weight is 310 g/mol. The minimum Gasteiger partial charge on any atom is -0.464 e. The Hall–Kier alpha value is -2.49. The van der Waals surface area contributed by atoms with Crippen molar-refractivity contribution in [3.8, 4) is 0 Å². The Kier molecular flexibility index (Phi) is 3.99. The third-order valence-corrected chi connectivity index (χ3v) is 4.18. The number of aromatic nitrogens is 1. The highest BCUT2D eigenvalue weighted by Gasteiger charge is 2.16. The molecule has 3 rings (SSSR count). The van der Waals surface area contributed by atoms with Crippen molar-refractivity contribution in [2.45, 2.75) is 40.2 Å². The van der Waals surface area contributed by atoms with E-state index in [1.807, 2.05) is 32.9 Å². The van der Waals surface area contributed by atoms with Crippen LogP contribution in [0.25, 0.3) is 10.9 Å². The molecule has 0 fully saturated rings. The van der Waals surface area contributed by atoms with Gasteiger partial charge in [-0.1, -0.05) is 11.6 Å². The number of rotatable bonds is 4. The smallest absolute Gasteiger partial charge is 0.225 e. The van der Waals surface area contributed by atoms with Gasteiger partial charge < -0.3 is 14.7 Å². The van der Waals surface area contributed by atoms with Crippen LogP contribution in [0.3, 0.4) is 0 Å². The van der Waals surface area contributed by atoms with E-state index in [1.165, 1.54) is 5.56 Å². The van der Waals surface area contributed by atoms with Gasteiger partial charge in [0.05, 0.1) is 12.5 Å². The predicted octanol–water partition coefficient (Wildman–Crippen LogP) is 4.11. The molecule has 1 amide bonds. The van der Waals surface area contributed by atoms with E-state index in [2.05, 4.69) is 35.4 Å². The minimum atomic E-state index is -0.136. The molecular weight excluding hydrogens is 288 g/mol. The Bertz CT molecular complexity index is 858. The summed E-state index contributed by atoms with van der Waals surface area (Å²) in [4.78, 5) is 15.8. The fourth-order valence-corrected chi connectivity index (χ4v) is 2.93. The van der Waals surface area contributed by atoms with Gasteiger partial charge in [0.15, 0.2) is 0 Å². The lowest BCUT2D eigenvalue weighted by atomic mass is 10.1. The molecule has 23 heavy (non-hydrogen) atoms. The molecule has 120 valence electrons. The van der Waals surface area contributed by atoms with Crippen molar-refractivity contribution in [3.63, 3.8) is 0 Å². The van der Waals surface area contributed by atoms with Crippen LogP contribution in [0.5, 0.6) is 0 Å². The van der Waals surface area contributed by atoms with Crippen molar-refractivity contribution in [3.05, 3.63) is 58.7 Å². The van der Waals surface area contributed by atoms with Crippen LogP contribution in [0.1, 0.15) is 41.3 Å². The Morgan fingerprint density at radius 1 is 1.22 bits per heavy atom. The minimum absolute atomic E-state index is 0.00272. The summed E-state index contributed by atoms with van der Waals surface area (Å²) >= 11 is 0. The lowest BCUT2D eigenvalue weighted by molar-refractivity contribution is -0.121. The van der Waals surface area contributed by atoms with E-state index >= 15 is 0 Å². The number of aromatic amines is 1. The molecule has 2 N–H and O–H groups in total. The zero-order valence-electron chi connectivity index (χ0n) is 14.0. The highest BCUT2D eigenvalue weighted by atomic mass is 16.3. The summed E-state index contributed by atoms with van der Waals surface area (Å²) in [6, 6.07) is 9.94. The van der Waals surface area contributed by atoms with Crippen molar-refractivity contribution >= 4 is 16.8 Å². The van der Waals surface area contributed by atoms with Crippen molar-refractivity contribution in [2.24, 2.45) is 0 Å². The number of hydrogen-bond donors (Lipinski definition) is 2. The average Bonchev–Trinajstić information content (AvgIpc) is 3.04. The first kappa shape index (κ1) is 15.4. The number of benzene rings is 1. The summed E-state index contributed by atoms with van der Waals surface area (Å²) in [5.74, 6) is 1.63. The van der Waals surface area contributed by atoms with Gasteiger partial charge in [0.25, 0.3) is 0 Å². The van der Waals surface area contributed by atoms with Crippen LogP contribution in [0.4, 0.5) is 0 Å². The zero-order valence-corrected chi connectivity index (χ0v) is 14.0. The van der Waals surface area contributed by atoms with Crippen LogP contribution >= 0.6 is 0 Å². The summed E-state index contributed by atoms with van der Waals surface area (Å²) in [6.07, 6.45) is 0.360. The Balaban J connectivity index is 1.77. The first-order chi connectivity index (χ1) is 10.9. The molecule has 2 aromatic heterocycles. The molecule has 4 nitrogen and oxygen atoms in total. The van der Waals surface area contributed by atoms with E-state index in [-0.39, 0.29) is 11.9 Å². The second-order valence-corrected chi connectivity index (χ2v) is 6.19. The van der Waals surface area contributed by atoms with Gasteiger partial charge in [-0.05, 0) is 57.5 Å². The standard InChI is InChI=1S/C19H22N2O2/c1-11-5-7-17-16(9-11)15(13(3)20-17)10-19(22)21-14(4)18-8-6-12(2)23-18/h5-9,14,20H,10H2,1-4H3,(H,21,22)/t14-/m0/s1. The maximum Gasteiger partial charge on any atom is 0.225 e. The lowest BCUT2D eigenvalue weighted by Gasteiger charge is -2.11. The fraction of sp³-hybridized carbons (Fsp3) is 0.316. The normalized spacial score (nSPS) is 12.5. The van der Waals surface area contributed by atoms with Gasteiger partial charge in [-0.15, -0.1) is 0 Å². The summed E-state index contributed by atoms with van der Waals surface area (Å²) < 4.78 is 5.57. The molecule has 0 saturated heterocycles. The molecule has 1 aromatic carbocycles. The topological polar surface area (TPSA) is 58.0 Å². The highest BCUT2D eigenvalue weighted by Crippen LogP contribution is 2.24. The van der Waals surface area contributed by atoms with E-state index in [0.29, 0.717) is 6.42 Å². The second kappa shape index (κ2) is 5.95. The van der Waals surface area contributed by atoms with Gasteiger partial charge in [-0.25, -0.2) is 0 Å². The third-order valence-electron chi connectivity index (χ3n) is 4.18. The summed E-state index contributed by atoms with van der Waals surface area (Å²) in [7, 11) is 0. The number of fused-ring (bicyclic) bond motifs is 1. The van der Waals surface area contributed by atoms with E-state index in [1.54, 1.807) is 0 Å². The van der Waals surface area contributed by atoms with E-state index < -0.39 is 0 Å². The van der Waals surface area contributed by atoms with Gasteiger partial charge in [0, 0.05) is 16.6 Å². The molecule has 3 aromatic rings. The monoisotopic (exact) mass is 310 g/mol. The maximum absolute atomic E-state index is 12.4. The van der Waals surface area contributed by atoms with E-state index in [4.69, 9.17) is 4.42 Å². The number of H-pyrrole nitrogens is 1. The van der Waals surface area contributed by atoms with Crippen molar-refractivity contribution in [2.75, 3.05) is 0 Å².